The molecule has 1 aromatic heterocycles. The number of rotatable bonds is 6. The van der Waals surface area contributed by atoms with Crippen molar-refractivity contribution in [1.29, 1.82) is 0 Å². The number of ether oxygens (including phenoxy) is 2. The molecule has 216 valence electrons. The van der Waals surface area contributed by atoms with Gasteiger partial charge in [-0.2, -0.15) is 12.8 Å². The molecule has 4 rings (SSSR count). The quantitative estimate of drug-likeness (QED) is 0.382. The highest BCUT2D eigenvalue weighted by molar-refractivity contribution is 7.90. The first-order chi connectivity index (χ1) is 18.7. The first-order valence-corrected chi connectivity index (χ1v) is 15.0. The Morgan fingerprint density at radius 2 is 1.90 bits per heavy atom. The van der Waals surface area contributed by atoms with Crippen LogP contribution in [0.3, 0.4) is 0 Å². The van der Waals surface area contributed by atoms with Crippen LogP contribution in [-0.2, 0) is 21.8 Å². The number of sulfonamides is 1. The van der Waals surface area contributed by atoms with Crippen molar-refractivity contribution in [3.63, 3.8) is 0 Å². The molecule has 0 saturated carbocycles. The Labute approximate surface area is 240 Å². The lowest BCUT2D eigenvalue weighted by Crippen LogP contribution is -2.46. The summed E-state index contributed by atoms with van der Waals surface area (Å²) in [6.07, 6.45) is 1.45. The molecule has 0 spiro atoms. The molecule has 1 unspecified atom stereocenters. The summed E-state index contributed by atoms with van der Waals surface area (Å²) < 4.78 is 75.2. The Morgan fingerprint density at radius 1 is 1.20 bits per heavy atom. The maximum absolute atomic E-state index is 15.0. The van der Waals surface area contributed by atoms with E-state index in [1.807, 2.05) is 12.1 Å². The lowest BCUT2D eigenvalue weighted by molar-refractivity contribution is 0.0110. The van der Waals surface area contributed by atoms with Crippen LogP contribution in [0.5, 0.6) is 5.75 Å². The number of benzene rings is 2. The molecule has 0 radical (unpaired) electrons. The van der Waals surface area contributed by atoms with Crippen LogP contribution in [0.2, 0.25) is 5.02 Å². The van der Waals surface area contributed by atoms with Crippen molar-refractivity contribution in [2.75, 3.05) is 19.7 Å². The van der Waals surface area contributed by atoms with Crippen LogP contribution in [0.15, 0.2) is 52.0 Å². The van der Waals surface area contributed by atoms with Crippen molar-refractivity contribution in [3.8, 4) is 5.75 Å². The monoisotopic (exact) mass is 614 g/mol. The number of nitrogens with zero attached hydrogens (tertiary/aromatic N) is 4. The van der Waals surface area contributed by atoms with Gasteiger partial charge in [-0.25, -0.2) is 13.6 Å². The normalized spacial score (nSPS) is 18.6. The van der Waals surface area contributed by atoms with Gasteiger partial charge in [0, 0.05) is 54.7 Å². The first kappa shape index (κ1) is 29.9. The smallest absolute Gasteiger partial charge is 0.410 e. The van der Waals surface area contributed by atoms with Gasteiger partial charge in [-0.1, -0.05) is 23.7 Å². The number of piperidine rings is 1. The van der Waals surface area contributed by atoms with E-state index in [0.717, 1.165) is 17.1 Å². The van der Waals surface area contributed by atoms with Gasteiger partial charge in [-0.05, 0) is 50.8 Å². The Morgan fingerprint density at radius 3 is 2.52 bits per heavy atom. The zero-order valence-electron chi connectivity index (χ0n) is 22.3. The fourth-order valence-electron chi connectivity index (χ4n) is 4.35. The molecule has 2 atom stereocenters. The summed E-state index contributed by atoms with van der Waals surface area (Å²) >= 11 is 6.85. The topological polar surface area (TPSA) is 103 Å². The molecule has 1 saturated heterocycles. The Bertz CT molecular complexity index is 1550. The Hall–Kier alpha value is -3.03. The number of hydrogen-bond acceptors (Lipinski definition) is 7. The molecular formula is C26H29ClF2N4O5S2. The average Bonchev–Trinajstić information content (AvgIpc) is 3.27. The van der Waals surface area contributed by atoms with Gasteiger partial charge in [0.25, 0.3) is 10.0 Å². The van der Waals surface area contributed by atoms with Crippen LogP contribution < -0.4 is 9.54 Å². The highest BCUT2D eigenvalue weighted by Crippen LogP contribution is 2.35. The van der Waals surface area contributed by atoms with E-state index in [1.54, 1.807) is 37.8 Å². The average molecular weight is 615 g/mol. The number of likely N-dealkylation sites (tertiary alicyclic amines) is 1. The second-order valence-corrected chi connectivity index (χ2v) is 13.2. The van der Waals surface area contributed by atoms with Crippen molar-refractivity contribution in [2.45, 2.75) is 43.6 Å². The number of hydrogen-bond donors (Lipinski definition) is 0. The summed E-state index contributed by atoms with van der Waals surface area (Å²) in [7, 11) is -3.03. The van der Waals surface area contributed by atoms with E-state index in [0.29, 0.717) is 30.1 Å². The molecule has 0 N–H and O–H groups in total. The molecule has 9 nitrogen and oxygen atoms in total. The van der Waals surface area contributed by atoms with Crippen LogP contribution in [0.4, 0.5) is 13.6 Å². The van der Waals surface area contributed by atoms with Crippen LogP contribution in [-0.4, -0.2) is 53.6 Å². The van der Waals surface area contributed by atoms with E-state index in [4.69, 9.17) is 21.1 Å². The molecule has 2 aromatic carbocycles. The van der Waals surface area contributed by atoms with Gasteiger partial charge in [0.2, 0.25) is 4.80 Å². The minimum Gasteiger partial charge on any atom is -0.490 e. The van der Waals surface area contributed by atoms with Gasteiger partial charge in [0.05, 0.1) is 6.61 Å². The molecule has 1 amide bonds. The summed E-state index contributed by atoms with van der Waals surface area (Å²) in [6.45, 7) is 5.95. The third-order valence-electron chi connectivity index (χ3n) is 6.26. The second-order valence-electron chi connectivity index (χ2n) is 10.4. The summed E-state index contributed by atoms with van der Waals surface area (Å²) in [5, 5.41) is 0.575. The molecule has 0 bridgehead atoms. The molecule has 40 heavy (non-hydrogen) atoms. The third kappa shape index (κ3) is 7.18. The van der Waals surface area contributed by atoms with E-state index in [1.165, 1.54) is 17.9 Å². The number of aryl methyl sites for hydroxylation is 1. The highest BCUT2D eigenvalue weighted by atomic mass is 35.5. The van der Waals surface area contributed by atoms with Crippen molar-refractivity contribution < 1.29 is 31.5 Å². The summed E-state index contributed by atoms with van der Waals surface area (Å²) in [6, 6.07) is 8.54. The highest BCUT2D eigenvalue weighted by Gasteiger charge is 2.35. The minimum atomic E-state index is -4.56. The van der Waals surface area contributed by atoms with Gasteiger partial charge in [-0.3, -0.25) is 0 Å². The molecule has 1 aliphatic heterocycles. The van der Waals surface area contributed by atoms with Gasteiger partial charge in [0.15, 0.2) is 11.6 Å². The molecule has 1 fully saturated rings. The predicted octanol–water partition coefficient (Wildman–Crippen LogP) is 5.12. The standard InChI is InChI=1S/C26H29ClF2N4O5S2/c1-26(2,3)38-25(34)33-10-9-19(16-5-7-18(27)8-6-16)17(13-33)14-37-22-11-21(29)23(12-20(22)28)40(35,36)31-24-32(4)15-30-39-24/h5-8,11-12,15,17,19H,9-10,13-14H2,1-4H3/b31-24+/t17-,19?/m0/s1. The second kappa shape index (κ2) is 11.8. The van der Waals surface area contributed by atoms with Crippen molar-refractivity contribution in [1.82, 2.24) is 13.8 Å². The fourth-order valence-corrected chi connectivity index (χ4v) is 6.35. The predicted molar refractivity (Wildman–Crippen MR) is 146 cm³/mol. The third-order valence-corrected chi connectivity index (χ3v) is 8.65. The number of carbonyl (C=O) groups excluding carboxylic acids is 1. The zero-order valence-corrected chi connectivity index (χ0v) is 24.7. The summed E-state index contributed by atoms with van der Waals surface area (Å²) in [5.41, 5.74) is 0.287. The Kier molecular flexibility index (Phi) is 8.86. The minimum absolute atomic E-state index is 0.000200. The van der Waals surface area contributed by atoms with E-state index < -0.39 is 44.0 Å². The molecule has 2 heterocycles. The maximum atomic E-state index is 15.0. The molecule has 1 aliphatic rings. The molecule has 3 aromatic rings. The first-order valence-electron chi connectivity index (χ1n) is 12.4. The van der Waals surface area contributed by atoms with Gasteiger partial charge < -0.3 is 18.9 Å². The summed E-state index contributed by atoms with van der Waals surface area (Å²) in [5.74, 6) is -3.10. The Balaban J connectivity index is 1.57. The molecule has 14 heteroatoms. The zero-order chi connectivity index (χ0) is 29.2. The largest absolute Gasteiger partial charge is 0.490 e. The number of halogens is 3. The fraction of sp³-hybridized carbons (Fsp3) is 0.423. The number of carbonyl (C=O) groups is 1. The van der Waals surface area contributed by atoms with E-state index in [9.17, 15) is 17.6 Å². The maximum Gasteiger partial charge on any atom is 0.410 e. The lowest BCUT2D eigenvalue weighted by atomic mass is 9.81. The van der Waals surface area contributed by atoms with Crippen molar-refractivity contribution in [2.24, 2.45) is 17.4 Å². The molecule has 0 aliphatic carbocycles. The number of amides is 1. The van der Waals surface area contributed by atoms with Crippen molar-refractivity contribution in [3.05, 3.63) is 69.7 Å². The molecular weight excluding hydrogens is 586 g/mol. The van der Waals surface area contributed by atoms with Gasteiger partial charge >= 0.3 is 6.09 Å². The van der Waals surface area contributed by atoms with E-state index in [2.05, 4.69) is 8.77 Å². The van der Waals surface area contributed by atoms with Crippen LogP contribution in [0.1, 0.15) is 38.7 Å². The van der Waals surface area contributed by atoms with Crippen molar-refractivity contribution >= 4 is 39.2 Å². The number of aromatic nitrogens is 2. The van der Waals surface area contributed by atoms with E-state index in [-0.39, 0.29) is 29.8 Å². The SMILES string of the molecule is Cn1cns/c1=N/S(=O)(=O)c1cc(F)c(OC[C@@H]2CN(C(=O)OC(C)(C)C)CCC2c2ccc(Cl)cc2)cc1F. The van der Waals surface area contributed by atoms with Gasteiger partial charge in [0.1, 0.15) is 22.6 Å². The summed E-state index contributed by atoms with van der Waals surface area (Å²) in [4.78, 5) is 13.4. The van der Waals surface area contributed by atoms with Crippen LogP contribution in [0, 0.1) is 17.6 Å². The van der Waals surface area contributed by atoms with E-state index >= 15 is 4.39 Å². The lowest BCUT2D eigenvalue weighted by Gasteiger charge is -2.39. The van der Waals surface area contributed by atoms with Gasteiger partial charge in [-0.15, -0.1) is 4.40 Å². The van der Waals surface area contributed by atoms with Crippen LogP contribution in [0.25, 0.3) is 0 Å². The van der Waals surface area contributed by atoms with Crippen LogP contribution >= 0.6 is 23.1 Å².